The van der Waals surface area contributed by atoms with Crippen LogP contribution < -0.4 is 0 Å². The van der Waals surface area contributed by atoms with Gasteiger partial charge < -0.3 is 9.47 Å². The van der Waals surface area contributed by atoms with E-state index in [1.54, 1.807) is 0 Å². The SMILES string of the molecule is CN(C)Cc1ccc2c(c1)nc1n2CCN(C2CCC2)CC1. The van der Waals surface area contributed by atoms with Gasteiger partial charge in [0.25, 0.3) is 0 Å². The molecule has 4 heteroatoms. The van der Waals surface area contributed by atoms with Crippen molar-refractivity contribution in [2.75, 3.05) is 27.2 Å². The third kappa shape index (κ3) is 2.55. The van der Waals surface area contributed by atoms with Crippen LogP contribution in [0.1, 0.15) is 30.7 Å². The van der Waals surface area contributed by atoms with E-state index >= 15 is 0 Å². The molecule has 1 saturated carbocycles. The van der Waals surface area contributed by atoms with Crippen molar-refractivity contribution in [3.8, 4) is 0 Å². The summed E-state index contributed by atoms with van der Waals surface area (Å²) in [4.78, 5) is 9.83. The van der Waals surface area contributed by atoms with Crippen LogP contribution in [-0.2, 0) is 19.5 Å². The molecule has 0 bridgehead atoms. The smallest absolute Gasteiger partial charge is 0.111 e. The Bertz CT molecular complexity index is 669. The Morgan fingerprint density at radius 3 is 2.77 bits per heavy atom. The van der Waals surface area contributed by atoms with Gasteiger partial charge in [-0.15, -0.1) is 0 Å². The van der Waals surface area contributed by atoms with Crippen LogP contribution in [0.2, 0.25) is 0 Å². The molecule has 2 heterocycles. The second-order valence-corrected chi connectivity index (χ2v) is 7.11. The monoisotopic (exact) mass is 298 g/mol. The zero-order valence-electron chi connectivity index (χ0n) is 13.8. The first-order valence-electron chi connectivity index (χ1n) is 8.57. The van der Waals surface area contributed by atoms with Crippen LogP contribution in [0.5, 0.6) is 0 Å². The van der Waals surface area contributed by atoms with Gasteiger partial charge in [-0.2, -0.15) is 0 Å². The van der Waals surface area contributed by atoms with E-state index in [9.17, 15) is 0 Å². The second-order valence-electron chi connectivity index (χ2n) is 7.11. The van der Waals surface area contributed by atoms with E-state index in [4.69, 9.17) is 4.98 Å². The molecule has 2 aromatic rings. The van der Waals surface area contributed by atoms with E-state index in [1.807, 2.05) is 0 Å². The predicted octanol–water partition coefficient (Wildman–Crippen LogP) is 2.51. The van der Waals surface area contributed by atoms with Gasteiger partial charge in [-0.05, 0) is 44.6 Å². The van der Waals surface area contributed by atoms with Crippen molar-refractivity contribution in [1.82, 2.24) is 19.4 Å². The lowest BCUT2D eigenvalue weighted by molar-refractivity contribution is 0.130. The highest BCUT2D eigenvalue weighted by molar-refractivity contribution is 5.77. The first-order valence-corrected chi connectivity index (χ1v) is 8.57. The zero-order chi connectivity index (χ0) is 15.1. The van der Waals surface area contributed by atoms with Gasteiger partial charge in [-0.3, -0.25) is 4.90 Å². The van der Waals surface area contributed by atoms with Gasteiger partial charge in [0.2, 0.25) is 0 Å². The third-order valence-electron chi connectivity index (χ3n) is 5.22. The van der Waals surface area contributed by atoms with Crippen molar-refractivity contribution in [2.45, 2.75) is 44.8 Å². The van der Waals surface area contributed by atoms with E-state index in [2.05, 4.69) is 46.7 Å². The highest BCUT2D eigenvalue weighted by Gasteiger charge is 2.27. The lowest BCUT2D eigenvalue weighted by atomic mass is 9.91. The molecule has 1 aromatic carbocycles. The van der Waals surface area contributed by atoms with E-state index in [0.717, 1.165) is 25.6 Å². The lowest BCUT2D eigenvalue weighted by Gasteiger charge is -2.36. The molecule has 0 unspecified atom stereocenters. The van der Waals surface area contributed by atoms with Crippen LogP contribution in [0.4, 0.5) is 0 Å². The van der Waals surface area contributed by atoms with Crippen LogP contribution in [0.3, 0.4) is 0 Å². The van der Waals surface area contributed by atoms with E-state index in [1.165, 1.54) is 54.8 Å². The fraction of sp³-hybridized carbons (Fsp3) is 0.611. The average molecular weight is 298 g/mol. The summed E-state index contributed by atoms with van der Waals surface area (Å²) in [5.74, 6) is 1.28. The largest absolute Gasteiger partial charge is 0.327 e. The zero-order valence-corrected chi connectivity index (χ0v) is 13.8. The third-order valence-corrected chi connectivity index (χ3v) is 5.22. The number of rotatable bonds is 3. The van der Waals surface area contributed by atoms with Gasteiger partial charge in [0, 0.05) is 38.6 Å². The van der Waals surface area contributed by atoms with Crippen LogP contribution >= 0.6 is 0 Å². The quantitative estimate of drug-likeness (QED) is 0.870. The first-order chi connectivity index (χ1) is 10.7. The Morgan fingerprint density at radius 1 is 1.18 bits per heavy atom. The summed E-state index contributed by atoms with van der Waals surface area (Å²) in [5, 5.41) is 0. The Morgan fingerprint density at radius 2 is 2.05 bits per heavy atom. The minimum absolute atomic E-state index is 0.850. The maximum absolute atomic E-state index is 4.94. The molecule has 2 aliphatic rings. The van der Waals surface area contributed by atoms with Gasteiger partial charge in [0.15, 0.2) is 0 Å². The van der Waals surface area contributed by atoms with Gasteiger partial charge in [0.05, 0.1) is 11.0 Å². The topological polar surface area (TPSA) is 24.3 Å². The predicted molar refractivity (Wildman–Crippen MR) is 90.0 cm³/mol. The standard InChI is InChI=1S/C18H26N4/c1-20(2)13-14-6-7-17-16(12-14)19-18-8-9-21(10-11-22(17)18)15-4-3-5-15/h6-7,12,15H,3-5,8-11,13H2,1-2H3. The highest BCUT2D eigenvalue weighted by Crippen LogP contribution is 2.27. The number of imidazole rings is 1. The van der Waals surface area contributed by atoms with Crippen LogP contribution in [0.15, 0.2) is 18.2 Å². The maximum Gasteiger partial charge on any atom is 0.111 e. The summed E-state index contributed by atoms with van der Waals surface area (Å²) in [6, 6.07) is 7.64. The molecule has 1 fully saturated rings. The molecular weight excluding hydrogens is 272 g/mol. The maximum atomic E-state index is 4.94. The molecule has 0 radical (unpaired) electrons. The normalized spacial score (nSPS) is 20.1. The summed E-state index contributed by atoms with van der Waals surface area (Å²) < 4.78 is 2.45. The average Bonchev–Trinajstić information content (AvgIpc) is 2.63. The number of fused-ring (bicyclic) bond motifs is 3. The molecule has 0 N–H and O–H groups in total. The van der Waals surface area contributed by atoms with Crippen LogP contribution in [-0.4, -0.2) is 52.6 Å². The molecule has 4 rings (SSSR count). The van der Waals surface area contributed by atoms with Crippen molar-refractivity contribution in [3.63, 3.8) is 0 Å². The molecule has 1 aromatic heterocycles. The van der Waals surface area contributed by atoms with E-state index < -0.39 is 0 Å². The van der Waals surface area contributed by atoms with Crippen LogP contribution in [0, 0.1) is 0 Å². The lowest BCUT2D eigenvalue weighted by Crippen LogP contribution is -2.41. The number of hydrogen-bond donors (Lipinski definition) is 0. The van der Waals surface area contributed by atoms with Gasteiger partial charge in [-0.1, -0.05) is 12.5 Å². The highest BCUT2D eigenvalue weighted by atomic mass is 15.2. The first kappa shape index (κ1) is 14.2. The molecule has 4 nitrogen and oxygen atoms in total. The van der Waals surface area contributed by atoms with E-state index in [0.29, 0.717) is 0 Å². The molecule has 0 saturated heterocycles. The molecular formula is C18H26N4. The summed E-state index contributed by atoms with van der Waals surface area (Å²) in [6.45, 7) is 4.43. The minimum atomic E-state index is 0.850. The fourth-order valence-electron chi connectivity index (χ4n) is 3.83. The van der Waals surface area contributed by atoms with Crippen molar-refractivity contribution in [3.05, 3.63) is 29.6 Å². The Kier molecular flexibility index (Phi) is 3.66. The van der Waals surface area contributed by atoms with Crippen LogP contribution in [0.25, 0.3) is 11.0 Å². The van der Waals surface area contributed by atoms with Crippen molar-refractivity contribution in [1.29, 1.82) is 0 Å². The Labute approximate surface area is 132 Å². The molecule has 0 atom stereocenters. The van der Waals surface area contributed by atoms with Gasteiger partial charge in [-0.25, -0.2) is 4.98 Å². The van der Waals surface area contributed by atoms with E-state index in [-0.39, 0.29) is 0 Å². The number of aromatic nitrogens is 2. The second kappa shape index (κ2) is 5.67. The van der Waals surface area contributed by atoms with Gasteiger partial charge >= 0.3 is 0 Å². The van der Waals surface area contributed by atoms with Crippen molar-refractivity contribution >= 4 is 11.0 Å². The molecule has 0 amide bonds. The molecule has 1 aliphatic carbocycles. The van der Waals surface area contributed by atoms with Crippen molar-refractivity contribution in [2.24, 2.45) is 0 Å². The molecule has 0 spiro atoms. The molecule has 1 aliphatic heterocycles. The van der Waals surface area contributed by atoms with Crippen molar-refractivity contribution < 1.29 is 0 Å². The molecule has 118 valence electrons. The molecule has 22 heavy (non-hydrogen) atoms. The Hall–Kier alpha value is -1.39. The van der Waals surface area contributed by atoms with Gasteiger partial charge in [0.1, 0.15) is 5.82 Å². The number of nitrogens with zero attached hydrogens (tertiary/aromatic N) is 4. The number of benzene rings is 1. The summed E-state index contributed by atoms with van der Waals surface area (Å²) in [6.07, 6.45) is 5.31. The minimum Gasteiger partial charge on any atom is -0.327 e. The summed E-state index contributed by atoms with van der Waals surface area (Å²) in [7, 11) is 4.23. The summed E-state index contributed by atoms with van der Waals surface area (Å²) in [5.41, 5.74) is 3.83. The number of hydrogen-bond acceptors (Lipinski definition) is 3. The fourth-order valence-corrected chi connectivity index (χ4v) is 3.83. The summed E-state index contributed by atoms with van der Waals surface area (Å²) >= 11 is 0. The Balaban J connectivity index is 1.59.